The summed E-state index contributed by atoms with van der Waals surface area (Å²) in [5.74, 6) is 0.350. The van der Waals surface area contributed by atoms with Gasteiger partial charge in [0.15, 0.2) is 11.5 Å². The van der Waals surface area contributed by atoms with E-state index in [1.54, 1.807) is 43.5 Å². The van der Waals surface area contributed by atoms with Crippen molar-refractivity contribution >= 4 is 23.6 Å². The molecule has 0 aliphatic carbocycles. The summed E-state index contributed by atoms with van der Waals surface area (Å²) in [6.07, 6.45) is 1.57. The number of para-hydroxylation sites is 1. The van der Waals surface area contributed by atoms with Crippen molar-refractivity contribution < 1.29 is 19.1 Å². The normalized spacial score (nSPS) is 10.8. The fourth-order valence-corrected chi connectivity index (χ4v) is 2.18. The molecule has 2 amide bonds. The molecule has 25 heavy (non-hydrogen) atoms. The lowest BCUT2D eigenvalue weighted by molar-refractivity contribution is -0.120. The molecule has 0 aliphatic heterocycles. The van der Waals surface area contributed by atoms with Gasteiger partial charge in [-0.15, -0.1) is 0 Å². The summed E-state index contributed by atoms with van der Waals surface area (Å²) in [6.45, 7) is 1.35. The highest BCUT2D eigenvalue weighted by Crippen LogP contribution is 2.28. The van der Waals surface area contributed by atoms with E-state index in [4.69, 9.17) is 9.47 Å². The van der Waals surface area contributed by atoms with Crippen LogP contribution in [0.4, 0.5) is 5.69 Å². The van der Waals surface area contributed by atoms with Crippen LogP contribution in [0.5, 0.6) is 11.5 Å². The molecule has 2 aromatic carbocycles. The third-order valence-corrected chi connectivity index (χ3v) is 3.31. The van der Waals surface area contributed by atoms with Gasteiger partial charge in [-0.3, -0.25) is 9.59 Å². The van der Waals surface area contributed by atoms with Crippen LogP contribution in [0.1, 0.15) is 12.5 Å². The summed E-state index contributed by atoms with van der Waals surface area (Å²) in [7, 11) is 3.07. The predicted molar refractivity (Wildman–Crippen MR) is 96.4 cm³/mol. The van der Waals surface area contributed by atoms with Crippen LogP contribution in [0.3, 0.4) is 0 Å². The van der Waals surface area contributed by atoms with E-state index in [1.807, 2.05) is 18.2 Å². The fourth-order valence-electron chi connectivity index (χ4n) is 2.18. The molecule has 0 unspecified atom stereocenters. The second-order valence-corrected chi connectivity index (χ2v) is 5.17. The largest absolute Gasteiger partial charge is 0.493 e. The van der Waals surface area contributed by atoms with Gasteiger partial charge in [-0.25, -0.2) is 0 Å². The van der Waals surface area contributed by atoms with Gasteiger partial charge in [-0.05, 0) is 35.9 Å². The minimum Gasteiger partial charge on any atom is -0.493 e. The maximum Gasteiger partial charge on any atom is 0.272 e. The highest BCUT2D eigenvalue weighted by atomic mass is 16.5. The first-order valence-corrected chi connectivity index (χ1v) is 7.61. The molecule has 2 aromatic rings. The van der Waals surface area contributed by atoms with E-state index in [9.17, 15) is 9.59 Å². The van der Waals surface area contributed by atoms with Gasteiger partial charge in [-0.1, -0.05) is 24.3 Å². The van der Waals surface area contributed by atoms with Crippen LogP contribution >= 0.6 is 0 Å². The molecule has 6 heteroatoms. The van der Waals surface area contributed by atoms with Crippen LogP contribution in [-0.2, 0) is 9.59 Å². The van der Waals surface area contributed by atoms with Crippen molar-refractivity contribution in [1.82, 2.24) is 5.32 Å². The topological polar surface area (TPSA) is 76.7 Å². The van der Waals surface area contributed by atoms with E-state index in [2.05, 4.69) is 10.6 Å². The Labute approximate surface area is 146 Å². The number of rotatable bonds is 6. The van der Waals surface area contributed by atoms with Crippen LogP contribution in [0, 0.1) is 0 Å². The Hall–Kier alpha value is -3.28. The molecule has 0 saturated carbocycles. The minimum absolute atomic E-state index is 0.128. The smallest absolute Gasteiger partial charge is 0.272 e. The number of amides is 2. The molecular formula is C19H20N2O4. The summed E-state index contributed by atoms with van der Waals surface area (Å²) >= 11 is 0. The Bertz CT molecular complexity index is 785. The summed E-state index contributed by atoms with van der Waals surface area (Å²) in [4.78, 5) is 23.9. The highest BCUT2D eigenvalue weighted by molar-refractivity contribution is 6.08. The van der Waals surface area contributed by atoms with Gasteiger partial charge in [-0.2, -0.15) is 0 Å². The summed E-state index contributed by atoms with van der Waals surface area (Å²) < 4.78 is 10.4. The molecule has 0 fully saturated rings. The lowest BCUT2D eigenvalue weighted by atomic mass is 10.1. The third kappa shape index (κ3) is 5.10. The van der Waals surface area contributed by atoms with Crippen LogP contribution in [-0.4, -0.2) is 26.0 Å². The molecule has 2 N–H and O–H groups in total. The minimum atomic E-state index is -0.420. The summed E-state index contributed by atoms with van der Waals surface area (Å²) in [5, 5.41) is 5.29. The first kappa shape index (κ1) is 18.1. The van der Waals surface area contributed by atoms with E-state index in [0.717, 1.165) is 0 Å². The second kappa shape index (κ2) is 8.54. The first-order valence-electron chi connectivity index (χ1n) is 7.61. The Morgan fingerprint density at radius 2 is 1.64 bits per heavy atom. The van der Waals surface area contributed by atoms with Crippen LogP contribution < -0.4 is 20.1 Å². The molecule has 6 nitrogen and oxygen atoms in total. The molecule has 0 aromatic heterocycles. The van der Waals surface area contributed by atoms with Crippen molar-refractivity contribution in [3.63, 3.8) is 0 Å². The fraction of sp³-hybridized carbons (Fsp3) is 0.158. The van der Waals surface area contributed by atoms with E-state index >= 15 is 0 Å². The Morgan fingerprint density at radius 1 is 0.960 bits per heavy atom. The number of carbonyl (C=O) groups is 2. The maximum absolute atomic E-state index is 12.5. The molecule has 0 saturated heterocycles. The van der Waals surface area contributed by atoms with Gasteiger partial charge in [0.05, 0.1) is 14.2 Å². The number of anilines is 1. The number of benzene rings is 2. The zero-order valence-electron chi connectivity index (χ0n) is 14.3. The van der Waals surface area contributed by atoms with Crippen LogP contribution in [0.15, 0.2) is 54.2 Å². The van der Waals surface area contributed by atoms with Crippen molar-refractivity contribution in [2.75, 3.05) is 19.5 Å². The highest BCUT2D eigenvalue weighted by Gasteiger charge is 2.12. The SMILES string of the molecule is COc1ccc(/C=C(\NC(C)=O)C(=O)Nc2ccccc2)cc1OC. The van der Waals surface area contributed by atoms with Gasteiger partial charge >= 0.3 is 0 Å². The number of nitrogens with one attached hydrogen (secondary N) is 2. The summed E-state index contributed by atoms with van der Waals surface area (Å²) in [6, 6.07) is 14.2. The molecule has 2 rings (SSSR count). The van der Waals surface area contributed by atoms with Crippen molar-refractivity contribution in [3.05, 3.63) is 59.8 Å². The summed E-state index contributed by atoms with van der Waals surface area (Å²) in [5.41, 5.74) is 1.45. The Balaban J connectivity index is 2.31. The molecule has 0 atom stereocenters. The van der Waals surface area contributed by atoms with E-state index in [1.165, 1.54) is 14.0 Å². The molecule has 0 aliphatic rings. The molecule has 0 radical (unpaired) electrons. The van der Waals surface area contributed by atoms with Gasteiger partial charge in [0.1, 0.15) is 5.70 Å². The first-order chi connectivity index (χ1) is 12.0. The number of carbonyl (C=O) groups excluding carboxylic acids is 2. The molecule has 130 valence electrons. The number of hydrogen-bond donors (Lipinski definition) is 2. The van der Waals surface area contributed by atoms with Crippen molar-refractivity contribution in [1.29, 1.82) is 0 Å². The Morgan fingerprint density at radius 3 is 2.24 bits per heavy atom. The van der Waals surface area contributed by atoms with Gasteiger partial charge in [0.2, 0.25) is 5.91 Å². The van der Waals surface area contributed by atoms with Crippen LogP contribution in [0.2, 0.25) is 0 Å². The van der Waals surface area contributed by atoms with Gasteiger partial charge < -0.3 is 20.1 Å². The average Bonchev–Trinajstić information content (AvgIpc) is 2.61. The van der Waals surface area contributed by atoms with Crippen molar-refractivity contribution in [3.8, 4) is 11.5 Å². The quantitative estimate of drug-likeness (QED) is 0.793. The average molecular weight is 340 g/mol. The molecular weight excluding hydrogens is 320 g/mol. The van der Waals surface area contributed by atoms with Crippen LogP contribution in [0.25, 0.3) is 6.08 Å². The van der Waals surface area contributed by atoms with E-state index < -0.39 is 5.91 Å². The molecule has 0 heterocycles. The van der Waals surface area contributed by atoms with E-state index in [0.29, 0.717) is 22.7 Å². The van der Waals surface area contributed by atoms with Crippen molar-refractivity contribution in [2.24, 2.45) is 0 Å². The predicted octanol–water partition coefficient (Wildman–Crippen LogP) is 2.82. The number of ether oxygens (including phenoxy) is 2. The second-order valence-electron chi connectivity index (χ2n) is 5.17. The molecule has 0 bridgehead atoms. The molecule has 0 spiro atoms. The van der Waals surface area contributed by atoms with Crippen molar-refractivity contribution in [2.45, 2.75) is 6.92 Å². The number of hydrogen-bond acceptors (Lipinski definition) is 4. The lowest BCUT2D eigenvalue weighted by Gasteiger charge is -2.11. The Kier molecular flexibility index (Phi) is 6.17. The number of methoxy groups -OCH3 is 2. The van der Waals surface area contributed by atoms with Gasteiger partial charge in [0, 0.05) is 12.6 Å². The standard InChI is InChI=1S/C19H20N2O4/c1-13(22)20-16(19(23)21-15-7-5-4-6-8-15)11-14-9-10-17(24-2)18(12-14)25-3/h4-12H,1-3H3,(H,20,22)(H,21,23)/b16-11-. The maximum atomic E-state index is 12.5. The third-order valence-electron chi connectivity index (χ3n) is 3.31. The lowest BCUT2D eigenvalue weighted by Crippen LogP contribution is -2.28. The van der Waals surface area contributed by atoms with Gasteiger partial charge in [0.25, 0.3) is 5.91 Å². The van der Waals surface area contributed by atoms with E-state index in [-0.39, 0.29) is 11.6 Å². The zero-order valence-corrected chi connectivity index (χ0v) is 14.3. The monoisotopic (exact) mass is 340 g/mol. The zero-order chi connectivity index (χ0) is 18.2.